The van der Waals surface area contributed by atoms with Crippen LogP contribution in [-0.4, -0.2) is 36.3 Å². The van der Waals surface area contributed by atoms with Crippen LogP contribution in [0.5, 0.6) is 0 Å². The molecule has 1 saturated heterocycles. The van der Waals surface area contributed by atoms with Gasteiger partial charge in [-0.15, -0.1) is 0 Å². The normalized spacial score (nSPS) is 18.6. The van der Waals surface area contributed by atoms with Crippen molar-refractivity contribution >= 4 is 5.82 Å². The van der Waals surface area contributed by atoms with Crippen molar-refractivity contribution < 1.29 is 5.11 Å². The molecule has 1 atom stereocenters. The topological polar surface area (TPSA) is 48.4 Å². The van der Waals surface area contributed by atoms with Crippen molar-refractivity contribution in [2.75, 3.05) is 31.1 Å². The molecule has 0 aliphatic carbocycles. The molecule has 2 heterocycles. The lowest BCUT2D eigenvalue weighted by Gasteiger charge is -2.29. The van der Waals surface area contributed by atoms with Crippen molar-refractivity contribution in [2.45, 2.75) is 20.0 Å². The van der Waals surface area contributed by atoms with Crippen molar-refractivity contribution in [1.29, 1.82) is 0 Å². The minimum absolute atomic E-state index is 0.440. The number of rotatable bonds is 2. The summed E-state index contributed by atoms with van der Waals surface area (Å²) < 4.78 is 0. The minimum atomic E-state index is -0.440. The molecular formula is C12H19N3O. The first-order chi connectivity index (χ1) is 7.68. The molecule has 4 heteroatoms. The van der Waals surface area contributed by atoms with E-state index in [1.807, 2.05) is 19.1 Å². The van der Waals surface area contributed by atoms with Crippen LogP contribution >= 0.6 is 0 Å². The summed E-state index contributed by atoms with van der Waals surface area (Å²) in [6.07, 6.45) is -0.440. The average molecular weight is 221 g/mol. The van der Waals surface area contributed by atoms with Gasteiger partial charge in [-0.1, -0.05) is 6.07 Å². The Morgan fingerprint density at radius 3 is 2.62 bits per heavy atom. The van der Waals surface area contributed by atoms with Crippen LogP contribution in [-0.2, 0) is 0 Å². The zero-order valence-corrected chi connectivity index (χ0v) is 9.90. The largest absolute Gasteiger partial charge is 0.389 e. The number of hydrogen-bond acceptors (Lipinski definition) is 4. The number of aliphatic hydroxyl groups excluding tert-OH is 1. The van der Waals surface area contributed by atoms with Gasteiger partial charge in [-0.25, -0.2) is 4.98 Å². The number of anilines is 1. The first-order valence-corrected chi connectivity index (χ1v) is 5.80. The van der Waals surface area contributed by atoms with Gasteiger partial charge in [0, 0.05) is 37.4 Å². The second-order valence-electron chi connectivity index (χ2n) is 4.26. The Kier molecular flexibility index (Phi) is 3.41. The van der Waals surface area contributed by atoms with Crippen LogP contribution in [0.15, 0.2) is 12.1 Å². The van der Waals surface area contributed by atoms with E-state index in [2.05, 4.69) is 15.2 Å². The fourth-order valence-electron chi connectivity index (χ4n) is 2.07. The Morgan fingerprint density at radius 2 is 2.06 bits per heavy atom. The zero-order chi connectivity index (χ0) is 11.5. The molecule has 0 bridgehead atoms. The van der Waals surface area contributed by atoms with Gasteiger partial charge < -0.3 is 15.3 Å². The highest BCUT2D eigenvalue weighted by molar-refractivity contribution is 5.42. The van der Waals surface area contributed by atoms with E-state index in [0.29, 0.717) is 0 Å². The van der Waals surface area contributed by atoms with Crippen molar-refractivity contribution in [3.05, 3.63) is 23.4 Å². The summed E-state index contributed by atoms with van der Waals surface area (Å²) in [6.45, 7) is 7.75. The number of piperazine rings is 1. The van der Waals surface area contributed by atoms with Crippen molar-refractivity contribution in [1.82, 2.24) is 10.3 Å². The van der Waals surface area contributed by atoms with Crippen LogP contribution in [0.1, 0.15) is 24.3 Å². The highest BCUT2D eigenvalue weighted by Gasteiger charge is 2.13. The SMILES string of the molecule is Cc1nc(N2CCNCC2)ccc1[C@H](C)O. The molecule has 1 aromatic rings. The molecule has 88 valence electrons. The van der Waals surface area contributed by atoms with Crippen LogP contribution in [0.25, 0.3) is 0 Å². The van der Waals surface area contributed by atoms with Crippen LogP contribution in [0.2, 0.25) is 0 Å². The van der Waals surface area contributed by atoms with E-state index in [1.165, 1.54) is 0 Å². The average Bonchev–Trinajstić information content (AvgIpc) is 2.29. The molecule has 0 radical (unpaired) electrons. The number of aryl methyl sites for hydroxylation is 1. The molecule has 0 unspecified atom stereocenters. The number of nitrogens with zero attached hydrogens (tertiary/aromatic N) is 2. The molecule has 0 saturated carbocycles. The Labute approximate surface area is 96.3 Å². The van der Waals surface area contributed by atoms with Gasteiger partial charge in [-0.05, 0) is 19.9 Å². The second kappa shape index (κ2) is 4.80. The molecule has 1 aliphatic heterocycles. The standard InChI is InChI=1S/C12H19N3O/c1-9-11(10(2)16)3-4-12(14-9)15-7-5-13-6-8-15/h3-4,10,13,16H,5-8H2,1-2H3/t10-/m0/s1. The van der Waals surface area contributed by atoms with E-state index < -0.39 is 6.10 Å². The fraction of sp³-hybridized carbons (Fsp3) is 0.583. The summed E-state index contributed by atoms with van der Waals surface area (Å²) in [5, 5.41) is 12.9. The smallest absolute Gasteiger partial charge is 0.128 e. The highest BCUT2D eigenvalue weighted by atomic mass is 16.3. The van der Waals surface area contributed by atoms with Gasteiger partial charge in [0.1, 0.15) is 5.82 Å². The van der Waals surface area contributed by atoms with E-state index >= 15 is 0 Å². The maximum atomic E-state index is 9.54. The van der Waals surface area contributed by atoms with Crippen LogP contribution in [0, 0.1) is 6.92 Å². The summed E-state index contributed by atoms with van der Waals surface area (Å²) in [4.78, 5) is 6.83. The Balaban J connectivity index is 2.19. The lowest BCUT2D eigenvalue weighted by Crippen LogP contribution is -2.43. The molecular weight excluding hydrogens is 202 g/mol. The Morgan fingerprint density at radius 1 is 1.38 bits per heavy atom. The molecule has 2 N–H and O–H groups in total. The zero-order valence-electron chi connectivity index (χ0n) is 9.90. The third kappa shape index (κ3) is 2.33. The molecule has 4 nitrogen and oxygen atoms in total. The second-order valence-corrected chi connectivity index (χ2v) is 4.26. The van der Waals surface area contributed by atoms with Gasteiger partial charge in [0.2, 0.25) is 0 Å². The first kappa shape index (κ1) is 11.4. The Hall–Kier alpha value is -1.13. The molecule has 1 aromatic heterocycles. The number of aliphatic hydroxyl groups is 1. The first-order valence-electron chi connectivity index (χ1n) is 5.80. The summed E-state index contributed by atoms with van der Waals surface area (Å²) in [6, 6.07) is 3.98. The van der Waals surface area contributed by atoms with Crippen LogP contribution in [0.4, 0.5) is 5.82 Å². The molecule has 0 spiro atoms. The summed E-state index contributed by atoms with van der Waals surface area (Å²) in [7, 11) is 0. The summed E-state index contributed by atoms with van der Waals surface area (Å²) >= 11 is 0. The monoisotopic (exact) mass is 221 g/mol. The third-order valence-corrected chi connectivity index (χ3v) is 3.00. The molecule has 1 fully saturated rings. The predicted octanol–water partition coefficient (Wildman–Crippen LogP) is 0.853. The summed E-state index contributed by atoms with van der Waals surface area (Å²) in [5.41, 5.74) is 1.84. The van der Waals surface area contributed by atoms with Crippen LogP contribution < -0.4 is 10.2 Å². The lowest BCUT2D eigenvalue weighted by molar-refractivity contribution is 0.198. The van der Waals surface area contributed by atoms with Crippen LogP contribution in [0.3, 0.4) is 0 Å². The Bertz CT molecular complexity index is 359. The predicted molar refractivity (Wildman–Crippen MR) is 64.7 cm³/mol. The van der Waals surface area contributed by atoms with E-state index in [9.17, 15) is 5.11 Å². The van der Waals surface area contributed by atoms with Gasteiger partial charge in [0.05, 0.1) is 6.10 Å². The maximum absolute atomic E-state index is 9.54. The minimum Gasteiger partial charge on any atom is -0.389 e. The van der Waals surface area contributed by atoms with E-state index in [1.54, 1.807) is 6.92 Å². The molecule has 0 aromatic carbocycles. The number of nitrogens with one attached hydrogen (secondary N) is 1. The van der Waals surface area contributed by atoms with E-state index in [0.717, 1.165) is 43.3 Å². The summed E-state index contributed by atoms with van der Waals surface area (Å²) in [5.74, 6) is 1.02. The van der Waals surface area contributed by atoms with Gasteiger partial charge in [0.15, 0.2) is 0 Å². The highest BCUT2D eigenvalue weighted by Crippen LogP contribution is 2.20. The third-order valence-electron chi connectivity index (χ3n) is 3.00. The lowest BCUT2D eigenvalue weighted by atomic mass is 10.1. The fourth-order valence-corrected chi connectivity index (χ4v) is 2.07. The van der Waals surface area contributed by atoms with Crippen molar-refractivity contribution in [2.24, 2.45) is 0 Å². The van der Waals surface area contributed by atoms with Gasteiger partial charge >= 0.3 is 0 Å². The molecule has 2 rings (SSSR count). The number of pyridine rings is 1. The number of aromatic nitrogens is 1. The molecule has 0 amide bonds. The van der Waals surface area contributed by atoms with E-state index in [-0.39, 0.29) is 0 Å². The van der Waals surface area contributed by atoms with Gasteiger partial charge in [0.25, 0.3) is 0 Å². The van der Waals surface area contributed by atoms with Crippen molar-refractivity contribution in [3.8, 4) is 0 Å². The van der Waals surface area contributed by atoms with Gasteiger partial charge in [-0.2, -0.15) is 0 Å². The molecule has 16 heavy (non-hydrogen) atoms. The maximum Gasteiger partial charge on any atom is 0.128 e. The van der Waals surface area contributed by atoms with Crippen molar-refractivity contribution in [3.63, 3.8) is 0 Å². The number of hydrogen-bond donors (Lipinski definition) is 2. The van der Waals surface area contributed by atoms with Gasteiger partial charge in [-0.3, -0.25) is 0 Å². The molecule has 1 aliphatic rings. The quantitative estimate of drug-likeness (QED) is 0.777. The van der Waals surface area contributed by atoms with E-state index in [4.69, 9.17) is 0 Å².